The molecular weight excluding hydrogens is 272 g/mol. The molecular formula is C16H20O3S. The fourth-order valence-corrected chi connectivity index (χ4v) is 3.87. The SMILES string of the molecule is CC[C@@H]1CC(=O)C=C[C@@]1(O)C[S@@](=O)c1ccc(C)cc1. The van der Waals surface area contributed by atoms with Crippen molar-refractivity contribution in [2.75, 3.05) is 5.75 Å². The molecule has 0 heterocycles. The van der Waals surface area contributed by atoms with E-state index in [0.29, 0.717) is 17.7 Å². The van der Waals surface area contributed by atoms with Crippen molar-refractivity contribution in [2.24, 2.45) is 5.92 Å². The standard InChI is InChI=1S/C16H20O3S/c1-3-13-10-14(17)8-9-16(13,18)11-20(19)15-6-4-12(2)5-7-15/h4-9,13,18H,3,10-11H2,1-2H3/t13-,16-,20-/m1/s1. The molecule has 1 aliphatic carbocycles. The van der Waals surface area contributed by atoms with E-state index in [9.17, 15) is 14.1 Å². The lowest BCUT2D eigenvalue weighted by Crippen LogP contribution is -2.44. The van der Waals surface area contributed by atoms with Crippen molar-refractivity contribution in [2.45, 2.75) is 37.2 Å². The van der Waals surface area contributed by atoms with Crippen molar-refractivity contribution in [3.05, 3.63) is 42.0 Å². The molecule has 4 heteroatoms. The maximum absolute atomic E-state index is 12.4. The number of hydrogen-bond acceptors (Lipinski definition) is 3. The normalized spacial score (nSPS) is 27.6. The second-order valence-corrected chi connectivity index (χ2v) is 6.85. The summed E-state index contributed by atoms with van der Waals surface area (Å²) in [6.45, 7) is 3.92. The van der Waals surface area contributed by atoms with Gasteiger partial charge in [-0.3, -0.25) is 9.00 Å². The van der Waals surface area contributed by atoms with Crippen LogP contribution in [0.3, 0.4) is 0 Å². The van der Waals surface area contributed by atoms with Gasteiger partial charge in [0.05, 0.1) is 22.2 Å². The van der Waals surface area contributed by atoms with Crippen molar-refractivity contribution in [1.29, 1.82) is 0 Å². The Hall–Kier alpha value is -1.26. The molecule has 0 aliphatic heterocycles. The van der Waals surface area contributed by atoms with Crippen LogP contribution in [-0.4, -0.2) is 26.5 Å². The molecule has 0 bridgehead atoms. The topological polar surface area (TPSA) is 54.4 Å². The summed E-state index contributed by atoms with van der Waals surface area (Å²) in [6, 6.07) is 7.48. The highest BCUT2D eigenvalue weighted by atomic mass is 32.2. The molecule has 0 spiro atoms. The van der Waals surface area contributed by atoms with Crippen LogP contribution < -0.4 is 0 Å². The third kappa shape index (κ3) is 3.25. The first-order valence-electron chi connectivity index (χ1n) is 6.84. The third-order valence-electron chi connectivity index (χ3n) is 3.85. The monoisotopic (exact) mass is 292 g/mol. The van der Waals surface area contributed by atoms with Gasteiger partial charge in [-0.25, -0.2) is 0 Å². The van der Waals surface area contributed by atoms with Gasteiger partial charge in [-0.2, -0.15) is 0 Å². The van der Waals surface area contributed by atoms with Gasteiger partial charge in [0, 0.05) is 11.3 Å². The number of carbonyl (C=O) groups is 1. The van der Waals surface area contributed by atoms with Gasteiger partial charge in [-0.1, -0.05) is 24.6 Å². The van der Waals surface area contributed by atoms with Crippen molar-refractivity contribution in [3.63, 3.8) is 0 Å². The first-order valence-corrected chi connectivity index (χ1v) is 8.16. The van der Waals surface area contributed by atoms with E-state index >= 15 is 0 Å². The Labute approximate surface area is 122 Å². The molecule has 1 N–H and O–H groups in total. The minimum atomic E-state index is -1.27. The first kappa shape index (κ1) is 15.1. The Morgan fingerprint density at radius 2 is 2.00 bits per heavy atom. The Morgan fingerprint density at radius 3 is 2.60 bits per heavy atom. The first-order chi connectivity index (χ1) is 9.44. The van der Waals surface area contributed by atoms with E-state index in [1.54, 1.807) is 0 Å². The van der Waals surface area contributed by atoms with Crippen molar-refractivity contribution in [1.82, 2.24) is 0 Å². The van der Waals surface area contributed by atoms with Crippen molar-refractivity contribution >= 4 is 16.6 Å². The molecule has 1 aromatic carbocycles. The number of hydrogen-bond donors (Lipinski definition) is 1. The van der Waals surface area contributed by atoms with Crippen LogP contribution in [0, 0.1) is 12.8 Å². The van der Waals surface area contributed by atoms with Crippen LogP contribution >= 0.6 is 0 Å². The van der Waals surface area contributed by atoms with Gasteiger partial charge in [-0.15, -0.1) is 0 Å². The lowest BCUT2D eigenvalue weighted by Gasteiger charge is -2.34. The Bertz CT molecular complexity index is 547. The summed E-state index contributed by atoms with van der Waals surface area (Å²) in [6.07, 6.45) is 3.96. The highest BCUT2D eigenvalue weighted by Gasteiger charge is 2.38. The molecule has 0 saturated carbocycles. The van der Waals surface area contributed by atoms with Crippen molar-refractivity contribution in [3.8, 4) is 0 Å². The van der Waals surface area contributed by atoms with Crippen LogP contribution in [-0.2, 0) is 15.6 Å². The van der Waals surface area contributed by atoms with E-state index < -0.39 is 16.4 Å². The fourth-order valence-electron chi connectivity index (χ4n) is 2.51. The third-order valence-corrected chi connectivity index (χ3v) is 5.37. The van der Waals surface area contributed by atoms with Gasteiger partial charge in [0.2, 0.25) is 0 Å². The zero-order chi connectivity index (χ0) is 14.8. The van der Waals surface area contributed by atoms with Crippen LogP contribution in [0.25, 0.3) is 0 Å². The summed E-state index contributed by atoms with van der Waals surface area (Å²) < 4.78 is 12.4. The molecule has 1 aliphatic rings. The van der Waals surface area contributed by atoms with E-state index in [-0.39, 0.29) is 17.5 Å². The zero-order valence-electron chi connectivity index (χ0n) is 11.8. The molecule has 20 heavy (non-hydrogen) atoms. The van der Waals surface area contributed by atoms with Crippen LogP contribution in [0.15, 0.2) is 41.3 Å². The molecule has 2 rings (SSSR count). The summed E-state index contributed by atoms with van der Waals surface area (Å²) in [4.78, 5) is 12.2. The quantitative estimate of drug-likeness (QED) is 0.927. The van der Waals surface area contributed by atoms with Gasteiger partial charge >= 0.3 is 0 Å². The predicted molar refractivity (Wildman–Crippen MR) is 79.9 cm³/mol. The maximum Gasteiger partial charge on any atom is 0.155 e. The molecule has 108 valence electrons. The largest absolute Gasteiger partial charge is 0.384 e. The minimum Gasteiger partial charge on any atom is -0.384 e. The van der Waals surface area contributed by atoms with E-state index in [1.807, 2.05) is 38.1 Å². The lowest BCUT2D eigenvalue weighted by molar-refractivity contribution is -0.118. The average molecular weight is 292 g/mol. The van der Waals surface area contributed by atoms with Gasteiger partial charge in [0.1, 0.15) is 0 Å². The molecule has 0 aromatic heterocycles. The lowest BCUT2D eigenvalue weighted by atomic mass is 9.79. The second-order valence-electron chi connectivity index (χ2n) is 5.40. The number of ketones is 1. The summed E-state index contributed by atoms with van der Waals surface area (Å²) >= 11 is 0. The number of allylic oxidation sites excluding steroid dienone is 1. The van der Waals surface area contributed by atoms with Crippen molar-refractivity contribution < 1.29 is 14.1 Å². The van der Waals surface area contributed by atoms with Gasteiger partial charge < -0.3 is 5.11 Å². The number of carbonyl (C=O) groups excluding carboxylic acids is 1. The summed E-state index contributed by atoms with van der Waals surface area (Å²) in [7, 11) is -1.27. The van der Waals surface area contributed by atoms with E-state index in [4.69, 9.17) is 0 Å². The second kappa shape index (κ2) is 6.02. The Morgan fingerprint density at radius 1 is 1.35 bits per heavy atom. The smallest absolute Gasteiger partial charge is 0.155 e. The van der Waals surface area contributed by atoms with Gasteiger partial charge in [-0.05, 0) is 43.5 Å². The molecule has 0 amide bonds. The van der Waals surface area contributed by atoms with Gasteiger partial charge in [0.15, 0.2) is 5.78 Å². The molecule has 3 nitrogen and oxygen atoms in total. The van der Waals surface area contributed by atoms with Gasteiger partial charge in [0.25, 0.3) is 0 Å². The average Bonchev–Trinajstić information content (AvgIpc) is 2.42. The molecule has 1 aromatic rings. The molecule has 0 fully saturated rings. The van der Waals surface area contributed by atoms with Crippen LogP contribution in [0.4, 0.5) is 0 Å². The number of benzene rings is 1. The number of aryl methyl sites for hydroxylation is 1. The van der Waals surface area contributed by atoms with Crippen LogP contribution in [0.5, 0.6) is 0 Å². The van der Waals surface area contributed by atoms with E-state index in [0.717, 1.165) is 5.56 Å². The van der Waals surface area contributed by atoms with E-state index in [2.05, 4.69) is 0 Å². The molecule has 3 atom stereocenters. The summed E-state index contributed by atoms with van der Waals surface area (Å²) in [5.74, 6) is 0.00951. The number of rotatable bonds is 4. The van der Waals surface area contributed by atoms with E-state index in [1.165, 1.54) is 12.2 Å². The van der Waals surface area contributed by atoms with Crippen LogP contribution in [0.1, 0.15) is 25.3 Å². The highest BCUT2D eigenvalue weighted by Crippen LogP contribution is 2.31. The predicted octanol–water partition coefficient (Wildman–Crippen LogP) is 2.39. The Kier molecular flexibility index (Phi) is 4.55. The minimum absolute atomic E-state index is 0.0302. The molecule has 0 radical (unpaired) electrons. The number of aliphatic hydroxyl groups is 1. The summed E-state index contributed by atoms with van der Waals surface area (Å²) in [5, 5.41) is 10.7. The summed E-state index contributed by atoms with van der Waals surface area (Å²) in [5.41, 5.74) is -0.0441. The zero-order valence-corrected chi connectivity index (χ0v) is 12.7. The Balaban J connectivity index is 2.18. The molecule has 0 unspecified atom stereocenters. The fraction of sp³-hybridized carbons (Fsp3) is 0.438. The highest BCUT2D eigenvalue weighted by molar-refractivity contribution is 7.85. The van der Waals surface area contributed by atoms with Crippen LogP contribution in [0.2, 0.25) is 0 Å². The maximum atomic E-state index is 12.4. The molecule has 0 saturated heterocycles.